The molecule has 2 aliphatic rings. The predicted molar refractivity (Wildman–Crippen MR) is 72.9 cm³/mol. The summed E-state index contributed by atoms with van der Waals surface area (Å²) in [7, 11) is 1.62. The van der Waals surface area contributed by atoms with Gasteiger partial charge in [0.1, 0.15) is 0 Å². The molecule has 2 atom stereocenters. The number of nitrogens with one attached hydrogen (secondary N) is 1. The number of allylic oxidation sites excluding steroid dienone is 1. The van der Waals surface area contributed by atoms with Gasteiger partial charge in [0.05, 0.1) is 7.11 Å². The van der Waals surface area contributed by atoms with Crippen LogP contribution in [-0.4, -0.2) is 24.7 Å². The van der Waals surface area contributed by atoms with Gasteiger partial charge in [0.25, 0.3) is 0 Å². The molecule has 1 saturated heterocycles. The van der Waals surface area contributed by atoms with Gasteiger partial charge in [0, 0.05) is 12.2 Å². The maximum absolute atomic E-state index is 5.96. The largest absolute Gasteiger partial charge is 0.494 e. The van der Waals surface area contributed by atoms with E-state index in [2.05, 4.69) is 16.4 Å². The third-order valence-corrected chi connectivity index (χ3v) is 4.25. The summed E-state index contributed by atoms with van der Waals surface area (Å²) >= 11 is 5.96. The van der Waals surface area contributed by atoms with Crippen molar-refractivity contribution in [3.8, 4) is 5.75 Å². The number of pyridine rings is 1. The van der Waals surface area contributed by atoms with Crippen molar-refractivity contribution < 1.29 is 4.74 Å². The van der Waals surface area contributed by atoms with Gasteiger partial charge in [-0.25, -0.2) is 4.98 Å². The summed E-state index contributed by atoms with van der Waals surface area (Å²) in [6.07, 6.45) is 7.87. The van der Waals surface area contributed by atoms with Crippen LogP contribution in [0.15, 0.2) is 18.3 Å². The molecule has 1 aliphatic heterocycles. The Labute approximate surface area is 112 Å². The third-order valence-electron chi connectivity index (χ3n) is 3.97. The average molecular weight is 265 g/mol. The fourth-order valence-corrected chi connectivity index (χ4v) is 3.11. The number of rotatable bonds is 2. The van der Waals surface area contributed by atoms with Crippen LogP contribution in [0.25, 0.3) is 5.57 Å². The minimum Gasteiger partial charge on any atom is -0.494 e. The molecule has 2 heterocycles. The number of hydrogen-bond acceptors (Lipinski definition) is 3. The van der Waals surface area contributed by atoms with Gasteiger partial charge in [-0.2, -0.15) is 0 Å². The van der Waals surface area contributed by atoms with Crippen LogP contribution in [0.2, 0.25) is 5.15 Å². The molecule has 4 heteroatoms. The molecule has 1 aromatic rings. The summed E-state index contributed by atoms with van der Waals surface area (Å²) in [5.74, 6) is 1.47. The number of fused-ring (bicyclic) bond motifs is 1. The molecule has 96 valence electrons. The van der Waals surface area contributed by atoms with Crippen molar-refractivity contribution in [3.05, 3.63) is 29.1 Å². The molecular formula is C14H17ClN2O. The molecule has 0 radical (unpaired) electrons. The van der Waals surface area contributed by atoms with Crippen molar-refractivity contribution in [2.24, 2.45) is 5.92 Å². The maximum atomic E-state index is 5.96. The van der Waals surface area contributed by atoms with Gasteiger partial charge in [0.15, 0.2) is 10.9 Å². The first kappa shape index (κ1) is 12.0. The van der Waals surface area contributed by atoms with Crippen molar-refractivity contribution in [1.29, 1.82) is 0 Å². The Morgan fingerprint density at radius 1 is 1.44 bits per heavy atom. The summed E-state index contributed by atoms with van der Waals surface area (Å²) in [4.78, 5) is 4.19. The molecular weight excluding hydrogens is 248 g/mol. The summed E-state index contributed by atoms with van der Waals surface area (Å²) in [5.41, 5.74) is 2.48. The number of methoxy groups -OCH3 is 1. The Hall–Kier alpha value is -1.06. The molecule has 2 unspecified atom stereocenters. The molecule has 0 saturated carbocycles. The smallest absolute Gasteiger partial charge is 0.171 e. The topological polar surface area (TPSA) is 34.1 Å². The van der Waals surface area contributed by atoms with E-state index in [0.29, 0.717) is 16.9 Å². The monoisotopic (exact) mass is 264 g/mol. The van der Waals surface area contributed by atoms with Gasteiger partial charge >= 0.3 is 0 Å². The van der Waals surface area contributed by atoms with E-state index in [0.717, 1.165) is 24.4 Å². The van der Waals surface area contributed by atoms with Crippen LogP contribution < -0.4 is 10.1 Å². The number of hydrogen-bond donors (Lipinski definition) is 1. The van der Waals surface area contributed by atoms with Crippen LogP contribution in [0.3, 0.4) is 0 Å². The summed E-state index contributed by atoms with van der Waals surface area (Å²) in [6, 6.07) is 2.52. The normalized spacial score (nSPS) is 26.7. The van der Waals surface area contributed by atoms with Crippen LogP contribution in [0.5, 0.6) is 5.75 Å². The summed E-state index contributed by atoms with van der Waals surface area (Å²) < 4.78 is 5.23. The lowest BCUT2D eigenvalue weighted by Gasteiger charge is -2.24. The van der Waals surface area contributed by atoms with E-state index in [1.165, 1.54) is 18.4 Å². The minimum atomic E-state index is 0.425. The van der Waals surface area contributed by atoms with Crippen LogP contribution in [-0.2, 0) is 0 Å². The standard InChI is InChI=1S/C14H17ClN2O/c1-18-13-7-11(8-17-14(13)15)10-3-2-9-4-5-16-12(9)6-10/h6-9,12,16H,2-5H2,1H3. The highest BCUT2D eigenvalue weighted by atomic mass is 35.5. The van der Waals surface area contributed by atoms with E-state index in [-0.39, 0.29) is 0 Å². The van der Waals surface area contributed by atoms with Crippen LogP contribution in [0.1, 0.15) is 24.8 Å². The molecule has 1 N–H and O–H groups in total. The zero-order valence-corrected chi connectivity index (χ0v) is 11.2. The van der Waals surface area contributed by atoms with Crippen LogP contribution in [0.4, 0.5) is 0 Å². The molecule has 0 spiro atoms. The van der Waals surface area contributed by atoms with Crippen molar-refractivity contribution in [2.45, 2.75) is 25.3 Å². The van der Waals surface area contributed by atoms with Gasteiger partial charge in [-0.05, 0) is 48.9 Å². The molecule has 0 bridgehead atoms. The number of halogens is 1. The molecule has 3 nitrogen and oxygen atoms in total. The predicted octanol–water partition coefficient (Wildman–Crippen LogP) is 2.90. The van der Waals surface area contributed by atoms with Crippen molar-refractivity contribution in [2.75, 3.05) is 13.7 Å². The summed E-state index contributed by atoms with van der Waals surface area (Å²) in [6.45, 7) is 1.14. The number of ether oxygens (including phenoxy) is 1. The highest BCUT2D eigenvalue weighted by molar-refractivity contribution is 6.30. The van der Waals surface area contributed by atoms with Gasteiger partial charge in [-0.1, -0.05) is 17.7 Å². The van der Waals surface area contributed by atoms with Crippen LogP contribution in [0, 0.1) is 5.92 Å². The quantitative estimate of drug-likeness (QED) is 0.834. The number of aromatic nitrogens is 1. The molecule has 1 aromatic heterocycles. The van der Waals surface area contributed by atoms with E-state index in [1.807, 2.05) is 12.3 Å². The van der Waals surface area contributed by atoms with Gasteiger partial charge in [0.2, 0.25) is 0 Å². The zero-order valence-electron chi connectivity index (χ0n) is 10.4. The highest BCUT2D eigenvalue weighted by Gasteiger charge is 2.29. The lowest BCUT2D eigenvalue weighted by molar-refractivity contribution is 0.413. The fraction of sp³-hybridized carbons (Fsp3) is 0.500. The minimum absolute atomic E-state index is 0.425. The first-order chi connectivity index (χ1) is 8.78. The van der Waals surface area contributed by atoms with Gasteiger partial charge in [-0.3, -0.25) is 0 Å². The average Bonchev–Trinajstić information content (AvgIpc) is 2.86. The Bertz CT molecular complexity index is 487. The first-order valence-electron chi connectivity index (χ1n) is 6.42. The Kier molecular flexibility index (Phi) is 3.27. The fourth-order valence-electron chi connectivity index (χ4n) is 2.93. The lowest BCUT2D eigenvalue weighted by atomic mass is 9.84. The third kappa shape index (κ3) is 2.13. The van der Waals surface area contributed by atoms with E-state index < -0.39 is 0 Å². The Balaban J connectivity index is 1.90. The maximum Gasteiger partial charge on any atom is 0.171 e. The second kappa shape index (κ2) is 4.90. The molecule has 1 aliphatic carbocycles. The second-order valence-corrected chi connectivity index (χ2v) is 5.33. The van der Waals surface area contributed by atoms with E-state index in [4.69, 9.17) is 16.3 Å². The molecule has 18 heavy (non-hydrogen) atoms. The van der Waals surface area contributed by atoms with Crippen molar-refractivity contribution >= 4 is 17.2 Å². The van der Waals surface area contributed by atoms with Gasteiger partial charge in [-0.15, -0.1) is 0 Å². The number of nitrogens with zero attached hydrogens (tertiary/aromatic N) is 1. The first-order valence-corrected chi connectivity index (χ1v) is 6.79. The van der Waals surface area contributed by atoms with Gasteiger partial charge < -0.3 is 10.1 Å². The SMILES string of the molecule is COc1cc(C2=CC3NCCC3CC2)cnc1Cl. The zero-order chi connectivity index (χ0) is 12.5. The van der Waals surface area contributed by atoms with Crippen molar-refractivity contribution in [3.63, 3.8) is 0 Å². The summed E-state index contributed by atoms with van der Waals surface area (Å²) in [5, 5.41) is 3.97. The van der Waals surface area contributed by atoms with E-state index >= 15 is 0 Å². The molecule has 0 amide bonds. The van der Waals surface area contributed by atoms with E-state index in [9.17, 15) is 0 Å². The molecule has 1 fully saturated rings. The second-order valence-electron chi connectivity index (χ2n) is 4.98. The molecule has 0 aromatic carbocycles. The Morgan fingerprint density at radius 3 is 3.17 bits per heavy atom. The lowest BCUT2D eigenvalue weighted by Crippen LogP contribution is -2.27. The highest BCUT2D eigenvalue weighted by Crippen LogP contribution is 2.35. The Morgan fingerprint density at radius 2 is 2.33 bits per heavy atom. The van der Waals surface area contributed by atoms with Crippen molar-refractivity contribution in [1.82, 2.24) is 10.3 Å². The van der Waals surface area contributed by atoms with Crippen LogP contribution >= 0.6 is 11.6 Å². The molecule has 3 rings (SSSR count). The van der Waals surface area contributed by atoms with E-state index in [1.54, 1.807) is 7.11 Å².